The summed E-state index contributed by atoms with van der Waals surface area (Å²) in [5, 5.41) is 0. The molecule has 0 aromatic heterocycles. The molecular weight excluding hydrogens is 412 g/mol. The van der Waals surface area contributed by atoms with E-state index < -0.39 is 11.8 Å². The number of methoxy groups -OCH3 is 1. The fraction of sp³-hybridized carbons (Fsp3) is 0.400. The average molecular weight is 443 g/mol. The molecule has 0 aliphatic carbocycles. The van der Waals surface area contributed by atoms with Crippen molar-refractivity contribution in [3.05, 3.63) is 53.1 Å². The molecule has 0 atom stereocenters. The molecule has 2 aromatic carbocycles. The van der Waals surface area contributed by atoms with E-state index >= 15 is 0 Å². The molecule has 32 heavy (non-hydrogen) atoms. The number of hydrogen-bond donors (Lipinski definition) is 0. The van der Waals surface area contributed by atoms with Gasteiger partial charge in [0, 0.05) is 17.5 Å². The van der Waals surface area contributed by atoms with Crippen molar-refractivity contribution in [1.29, 1.82) is 0 Å². The van der Waals surface area contributed by atoms with Crippen molar-refractivity contribution in [1.82, 2.24) is 0 Å². The van der Waals surface area contributed by atoms with Gasteiger partial charge in [-0.2, -0.15) is 0 Å². The van der Waals surface area contributed by atoms with Crippen LogP contribution in [0.2, 0.25) is 0 Å². The summed E-state index contributed by atoms with van der Waals surface area (Å²) in [7, 11) is 1.56. The average Bonchev–Trinajstić information content (AvgIpc) is 2.79. The second kappa shape index (κ2) is 12.5. The van der Waals surface area contributed by atoms with E-state index in [9.17, 15) is 14.4 Å². The van der Waals surface area contributed by atoms with Crippen LogP contribution in [0.3, 0.4) is 0 Å². The standard InChI is InChI=1S/C25H30O7/c1-5-8-21-22(14-13-20(17(3)26)24(21)29-4)32-16-7-15-31-19-11-9-18(10-12-19)23(27)25(28)30-6-2/h9-14H,5-8,15-16H2,1-4H3. The van der Waals surface area contributed by atoms with Gasteiger partial charge in [0.25, 0.3) is 5.78 Å². The summed E-state index contributed by atoms with van der Waals surface area (Å²) in [5.74, 6) is 0.273. The van der Waals surface area contributed by atoms with E-state index in [2.05, 4.69) is 6.92 Å². The zero-order valence-electron chi connectivity index (χ0n) is 19.1. The second-order valence-electron chi connectivity index (χ2n) is 7.05. The van der Waals surface area contributed by atoms with Gasteiger partial charge in [0.15, 0.2) is 5.78 Å². The molecule has 0 saturated carbocycles. The van der Waals surface area contributed by atoms with Crippen LogP contribution < -0.4 is 14.2 Å². The van der Waals surface area contributed by atoms with Crippen LogP contribution in [-0.4, -0.2) is 44.5 Å². The first kappa shape index (κ1) is 24.9. The van der Waals surface area contributed by atoms with E-state index in [0.717, 1.165) is 18.4 Å². The largest absolute Gasteiger partial charge is 0.496 e. The van der Waals surface area contributed by atoms with Gasteiger partial charge in [0.1, 0.15) is 17.2 Å². The highest BCUT2D eigenvalue weighted by molar-refractivity contribution is 6.40. The summed E-state index contributed by atoms with van der Waals surface area (Å²) in [6, 6.07) is 9.88. The molecule has 7 heteroatoms. The van der Waals surface area contributed by atoms with Crippen molar-refractivity contribution in [2.75, 3.05) is 26.9 Å². The number of ketones is 2. The van der Waals surface area contributed by atoms with Gasteiger partial charge in [0.2, 0.25) is 0 Å². The number of benzene rings is 2. The van der Waals surface area contributed by atoms with Crippen molar-refractivity contribution in [2.24, 2.45) is 0 Å². The number of hydrogen-bond acceptors (Lipinski definition) is 7. The lowest BCUT2D eigenvalue weighted by Gasteiger charge is -2.17. The van der Waals surface area contributed by atoms with Crippen molar-refractivity contribution < 1.29 is 33.3 Å². The van der Waals surface area contributed by atoms with Crippen LogP contribution in [-0.2, 0) is 16.0 Å². The van der Waals surface area contributed by atoms with Crippen molar-refractivity contribution in [3.63, 3.8) is 0 Å². The summed E-state index contributed by atoms with van der Waals surface area (Å²) in [5.41, 5.74) is 1.70. The molecule has 0 fully saturated rings. The molecule has 0 N–H and O–H groups in total. The first-order valence-electron chi connectivity index (χ1n) is 10.7. The Kier molecular flexibility index (Phi) is 9.73. The van der Waals surface area contributed by atoms with Gasteiger partial charge in [-0.25, -0.2) is 4.79 Å². The van der Waals surface area contributed by atoms with Crippen LogP contribution in [0.5, 0.6) is 17.2 Å². The minimum absolute atomic E-state index is 0.0471. The predicted molar refractivity (Wildman–Crippen MR) is 120 cm³/mol. The summed E-state index contributed by atoms with van der Waals surface area (Å²) >= 11 is 0. The Morgan fingerprint density at radius 2 is 1.59 bits per heavy atom. The SMILES string of the molecule is CCCc1c(OCCCOc2ccc(C(=O)C(=O)OCC)cc2)ccc(C(C)=O)c1OC. The highest BCUT2D eigenvalue weighted by Crippen LogP contribution is 2.34. The lowest BCUT2D eigenvalue weighted by atomic mass is 10.0. The highest BCUT2D eigenvalue weighted by atomic mass is 16.5. The van der Waals surface area contributed by atoms with Gasteiger partial charge in [-0.1, -0.05) is 13.3 Å². The maximum absolute atomic E-state index is 11.9. The van der Waals surface area contributed by atoms with Crippen LogP contribution in [0, 0.1) is 0 Å². The number of carbonyl (C=O) groups excluding carboxylic acids is 3. The Balaban J connectivity index is 1.89. The Hall–Kier alpha value is -3.35. The quantitative estimate of drug-likeness (QED) is 0.196. The zero-order chi connectivity index (χ0) is 23.5. The Morgan fingerprint density at radius 1 is 0.906 bits per heavy atom. The molecule has 0 bridgehead atoms. The van der Waals surface area contributed by atoms with E-state index in [1.54, 1.807) is 32.2 Å². The second-order valence-corrected chi connectivity index (χ2v) is 7.05. The van der Waals surface area contributed by atoms with Gasteiger partial charge in [-0.3, -0.25) is 9.59 Å². The fourth-order valence-corrected chi connectivity index (χ4v) is 3.19. The summed E-state index contributed by atoms with van der Waals surface area (Å²) in [4.78, 5) is 35.3. The van der Waals surface area contributed by atoms with Crippen molar-refractivity contribution in [2.45, 2.75) is 40.0 Å². The van der Waals surface area contributed by atoms with E-state index in [-0.39, 0.29) is 18.0 Å². The number of carbonyl (C=O) groups is 3. The van der Waals surface area contributed by atoms with E-state index in [4.69, 9.17) is 18.9 Å². The highest BCUT2D eigenvalue weighted by Gasteiger charge is 2.18. The lowest BCUT2D eigenvalue weighted by molar-refractivity contribution is -0.137. The maximum atomic E-state index is 11.9. The summed E-state index contributed by atoms with van der Waals surface area (Å²) in [6.45, 7) is 6.22. The van der Waals surface area contributed by atoms with E-state index in [1.807, 2.05) is 6.07 Å². The van der Waals surface area contributed by atoms with Gasteiger partial charge >= 0.3 is 5.97 Å². The molecule has 0 heterocycles. The van der Waals surface area contributed by atoms with Crippen LogP contribution in [0.4, 0.5) is 0 Å². The number of Topliss-reactive ketones (excluding diaryl/α,β-unsaturated/α-hetero) is 2. The first-order chi connectivity index (χ1) is 15.4. The topological polar surface area (TPSA) is 88.1 Å². The van der Waals surface area contributed by atoms with Crippen molar-refractivity contribution in [3.8, 4) is 17.2 Å². The van der Waals surface area contributed by atoms with Gasteiger partial charge in [-0.15, -0.1) is 0 Å². The van der Waals surface area contributed by atoms with Crippen LogP contribution in [0.25, 0.3) is 0 Å². The molecule has 0 saturated heterocycles. The fourth-order valence-electron chi connectivity index (χ4n) is 3.19. The number of ether oxygens (including phenoxy) is 4. The summed E-state index contributed by atoms with van der Waals surface area (Å²) < 4.78 is 21.8. The monoisotopic (exact) mass is 442 g/mol. The molecule has 0 spiro atoms. The minimum Gasteiger partial charge on any atom is -0.496 e. The molecular formula is C25H30O7. The number of esters is 1. The summed E-state index contributed by atoms with van der Waals surface area (Å²) in [6.07, 6.45) is 2.27. The van der Waals surface area contributed by atoms with Gasteiger partial charge < -0.3 is 18.9 Å². The first-order valence-corrected chi connectivity index (χ1v) is 10.7. The normalized spacial score (nSPS) is 10.4. The molecule has 0 radical (unpaired) electrons. The minimum atomic E-state index is -0.867. The Morgan fingerprint density at radius 3 is 2.19 bits per heavy atom. The van der Waals surface area contributed by atoms with Crippen LogP contribution in [0.1, 0.15) is 59.9 Å². The third kappa shape index (κ3) is 6.57. The molecule has 0 aliphatic rings. The Labute approximate surface area is 188 Å². The van der Waals surface area contributed by atoms with Crippen molar-refractivity contribution >= 4 is 17.5 Å². The molecule has 0 amide bonds. The third-order valence-corrected chi connectivity index (χ3v) is 4.69. The smallest absolute Gasteiger partial charge is 0.379 e. The van der Waals surface area contributed by atoms with E-state index in [0.29, 0.717) is 42.4 Å². The van der Waals surface area contributed by atoms with Gasteiger partial charge in [-0.05, 0) is 56.7 Å². The molecule has 172 valence electrons. The molecule has 0 aliphatic heterocycles. The van der Waals surface area contributed by atoms with E-state index in [1.165, 1.54) is 19.1 Å². The molecule has 0 unspecified atom stereocenters. The van der Waals surface area contributed by atoms with Gasteiger partial charge in [0.05, 0.1) is 32.5 Å². The van der Waals surface area contributed by atoms with Crippen LogP contribution >= 0.6 is 0 Å². The van der Waals surface area contributed by atoms with Crippen LogP contribution in [0.15, 0.2) is 36.4 Å². The molecule has 2 aromatic rings. The molecule has 2 rings (SSSR count). The lowest BCUT2D eigenvalue weighted by Crippen LogP contribution is -2.17. The number of rotatable bonds is 13. The molecule has 7 nitrogen and oxygen atoms in total. The maximum Gasteiger partial charge on any atom is 0.379 e. The predicted octanol–water partition coefficient (Wildman–Crippen LogP) is 4.44. The third-order valence-electron chi connectivity index (χ3n) is 4.69. The zero-order valence-corrected chi connectivity index (χ0v) is 19.1. The Bertz CT molecular complexity index is 932.